The summed E-state index contributed by atoms with van der Waals surface area (Å²) < 4.78 is 21.4. The lowest BCUT2D eigenvalue weighted by molar-refractivity contribution is 0.354. The first-order chi connectivity index (χ1) is 15.1. The van der Waals surface area contributed by atoms with Crippen molar-refractivity contribution in [2.24, 2.45) is 10.7 Å². The van der Waals surface area contributed by atoms with Gasteiger partial charge in [-0.15, -0.1) is 24.0 Å². The van der Waals surface area contributed by atoms with Crippen molar-refractivity contribution in [1.82, 2.24) is 10.3 Å². The molecule has 1 aromatic heterocycles. The Balaban J connectivity index is 0.00000363. The fourth-order valence-corrected chi connectivity index (χ4v) is 3.37. The van der Waals surface area contributed by atoms with E-state index in [1.165, 1.54) is 0 Å². The first kappa shape index (κ1) is 25.4. The highest BCUT2D eigenvalue weighted by atomic mass is 127. The molecule has 0 bridgehead atoms. The number of aromatic nitrogens is 1. The maximum absolute atomic E-state index is 6.00. The van der Waals surface area contributed by atoms with Crippen LogP contribution in [0, 0.1) is 0 Å². The normalized spacial score (nSPS) is 11.1. The van der Waals surface area contributed by atoms with E-state index in [1.807, 2.05) is 30.3 Å². The number of ether oxygens (including phenoxy) is 4. The van der Waals surface area contributed by atoms with Crippen LogP contribution in [-0.4, -0.2) is 45.9 Å². The molecule has 174 valence electrons. The van der Waals surface area contributed by atoms with Gasteiger partial charge in [-0.3, -0.25) is 0 Å². The van der Waals surface area contributed by atoms with Gasteiger partial charge in [-0.1, -0.05) is 6.07 Å². The van der Waals surface area contributed by atoms with Crippen molar-refractivity contribution in [1.29, 1.82) is 0 Å². The molecule has 3 aromatic rings. The smallest absolute Gasteiger partial charge is 0.188 e. The molecule has 0 atom stereocenters. The molecule has 3 rings (SSSR count). The van der Waals surface area contributed by atoms with Crippen LogP contribution in [0.5, 0.6) is 23.0 Å². The second-order valence-corrected chi connectivity index (χ2v) is 7.01. The van der Waals surface area contributed by atoms with E-state index in [0.29, 0.717) is 24.0 Å². The fourth-order valence-electron chi connectivity index (χ4n) is 3.37. The molecule has 4 N–H and O–H groups in total. The molecule has 0 radical (unpaired) electrons. The lowest BCUT2D eigenvalue weighted by atomic mass is 10.2. The number of nitrogens with two attached hydrogens (primary N) is 1. The number of rotatable bonds is 10. The van der Waals surface area contributed by atoms with Crippen molar-refractivity contribution in [3.63, 3.8) is 0 Å². The Hall–Kier alpha value is -2.82. The monoisotopic (exact) mass is 554 g/mol. The summed E-state index contributed by atoms with van der Waals surface area (Å²) in [6, 6.07) is 11.7. The predicted molar refractivity (Wildman–Crippen MR) is 138 cm³/mol. The molecule has 8 nitrogen and oxygen atoms in total. The van der Waals surface area contributed by atoms with Gasteiger partial charge in [-0.05, 0) is 36.6 Å². The number of halogens is 1. The van der Waals surface area contributed by atoms with Gasteiger partial charge in [0.1, 0.15) is 11.5 Å². The molecule has 32 heavy (non-hydrogen) atoms. The Bertz CT molecular complexity index is 1050. The average molecular weight is 554 g/mol. The molecule has 0 aliphatic rings. The second kappa shape index (κ2) is 12.3. The van der Waals surface area contributed by atoms with Gasteiger partial charge in [-0.2, -0.15) is 0 Å². The number of nitrogens with one attached hydrogen (secondary N) is 2. The molecule has 0 aliphatic heterocycles. The van der Waals surface area contributed by atoms with Crippen molar-refractivity contribution < 1.29 is 18.9 Å². The molecule has 0 unspecified atom stereocenters. The zero-order chi connectivity index (χ0) is 22.2. The lowest BCUT2D eigenvalue weighted by Crippen LogP contribution is -2.32. The SMILES string of the molecule is COc1cc(OC)c2cc(CCCNC(N)=NCc3ccc(OC)c(OC)c3)[nH]c2c1.I. The number of nitrogens with zero attached hydrogens (tertiary/aromatic N) is 1. The van der Waals surface area contributed by atoms with Crippen molar-refractivity contribution in [3.8, 4) is 23.0 Å². The number of guanidine groups is 1. The summed E-state index contributed by atoms with van der Waals surface area (Å²) in [6.07, 6.45) is 1.77. The van der Waals surface area contributed by atoms with Gasteiger partial charge in [0.25, 0.3) is 0 Å². The zero-order valence-corrected chi connectivity index (χ0v) is 21.2. The molecule has 0 spiro atoms. The summed E-state index contributed by atoms with van der Waals surface area (Å²) in [5.74, 6) is 3.33. The van der Waals surface area contributed by atoms with Gasteiger partial charge in [-0.25, -0.2) is 4.99 Å². The zero-order valence-electron chi connectivity index (χ0n) is 18.9. The summed E-state index contributed by atoms with van der Waals surface area (Å²) in [7, 11) is 6.53. The van der Waals surface area contributed by atoms with E-state index < -0.39 is 0 Å². The van der Waals surface area contributed by atoms with Crippen molar-refractivity contribution in [3.05, 3.63) is 47.7 Å². The molecule has 9 heteroatoms. The predicted octanol–water partition coefficient (Wildman–Crippen LogP) is 3.86. The van der Waals surface area contributed by atoms with Crippen LogP contribution in [0.15, 0.2) is 41.4 Å². The number of H-pyrrole nitrogens is 1. The van der Waals surface area contributed by atoms with Crippen LogP contribution in [-0.2, 0) is 13.0 Å². The molecule has 0 saturated carbocycles. The third-order valence-electron chi connectivity index (χ3n) is 4.99. The summed E-state index contributed by atoms with van der Waals surface area (Å²) in [6.45, 7) is 1.18. The van der Waals surface area contributed by atoms with E-state index in [0.717, 1.165) is 53.0 Å². The molecule has 0 amide bonds. The van der Waals surface area contributed by atoms with Crippen LogP contribution in [0.1, 0.15) is 17.7 Å². The van der Waals surface area contributed by atoms with Crippen molar-refractivity contribution >= 4 is 40.8 Å². The third kappa shape index (κ3) is 6.35. The number of aromatic amines is 1. The average Bonchev–Trinajstić information content (AvgIpc) is 3.22. The number of hydrogen-bond acceptors (Lipinski definition) is 5. The summed E-state index contributed by atoms with van der Waals surface area (Å²) in [4.78, 5) is 7.82. The summed E-state index contributed by atoms with van der Waals surface area (Å²) >= 11 is 0. The molecule has 0 aliphatic carbocycles. The summed E-state index contributed by atoms with van der Waals surface area (Å²) in [5.41, 5.74) is 9.12. The van der Waals surface area contributed by atoms with Crippen LogP contribution in [0.3, 0.4) is 0 Å². The molecule has 2 aromatic carbocycles. The number of aliphatic imine (C=N–C) groups is 1. The van der Waals surface area contributed by atoms with Crippen LogP contribution in [0.25, 0.3) is 10.9 Å². The quantitative estimate of drug-likeness (QED) is 0.152. The first-order valence-corrected chi connectivity index (χ1v) is 10.1. The molecule has 0 saturated heterocycles. The first-order valence-electron chi connectivity index (χ1n) is 10.1. The van der Waals surface area contributed by atoms with Crippen molar-refractivity contribution in [2.45, 2.75) is 19.4 Å². The number of fused-ring (bicyclic) bond motifs is 1. The van der Waals surface area contributed by atoms with Crippen LogP contribution >= 0.6 is 24.0 Å². The Labute approximate surface area is 205 Å². The topological polar surface area (TPSA) is 103 Å². The minimum atomic E-state index is 0. The van der Waals surface area contributed by atoms with Gasteiger partial charge >= 0.3 is 0 Å². The highest BCUT2D eigenvalue weighted by Crippen LogP contribution is 2.32. The number of hydrogen-bond donors (Lipinski definition) is 3. The highest BCUT2D eigenvalue weighted by Gasteiger charge is 2.09. The van der Waals surface area contributed by atoms with Crippen molar-refractivity contribution in [2.75, 3.05) is 35.0 Å². The highest BCUT2D eigenvalue weighted by molar-refractivity contribution is 14.0. The minimum absolute atomic E-state index is 0. The van der Waals surface area contributed by atoms with E-state index >= 15 is 0 Å². The fraction of sp³-hybridized carbons (Fsp3) is 0.348. The number of benzene rings is 2. The Morgan fingerprint density at radius 2 is 1.69 bits per heavy atom. The number of aryl methyl sites for hydroxylation is 1. The second-order valence-electron chi connectivity index (χ2n) is 7.01. The van der Waals surface area contributed by atoms with Gasteiger partial charge in [0.05, 0.1) is 40.5 Å². The lowest BCUT2D eigenvalue weighted by Gasteiger charge is -2.09. The van der Waals surface area contributed by atoms with E-state index in [4.69, 9.17) is 24.7 Å². The maximum atomic E-state index is 6.00. The molecular weight excluding hydrogens is 523 g/mol. The van der Waals surface area contributed by atoms with E-state index in [1.54, 1.807) is 28.4 Å². The van der Waals surface area contributed by atoms with Crippen LogP contribution in [0.4, 0.5) is 0 Å². The molecular formula is C23H31IN4O4. The Morgan fingerprint density at radius 1 is 0.938 bits per heavy atom. The van der Waals surface area contributed by atoms with Crippen LogP contribution in [0.2, 0.25) is 0 Å². The molecule has 1 heterocycles. The summed E-state index contributed by atoms with van der Waals surface area (Å²) in [5, 5.41) is 4.21. The van der Waals surface area contributed by atoms with Gasteiger partial charge in [0.2, 0.25) is 0 Å². The van der Waals surface area contributed by atoms with E-state index in [9.17, 15) is 0 Å². The maximum Gasteiger partial charge on any atom is 0.188 e. The van der Waals surface area contributed by atoms with E-state index in [-0.39, 0.29) is 24.0 Å². The number of methoxy groups -OCH3 is 4. The Morgan fingerprint density at radius 3 is 2.38 bits per heavy atom. The van der Waals surface area contributed by atoms with E-state index in [2.05, 4.69) is 21.4 Å². The van der Waals surface area contributed by atoms with Gasteiger partial charge in [0, 0.05) is 29.8 Å². The minimum Gasteiger partial charge on any atom is -0.497 e. The third-order valence-corrected chi connectivity index (χ3v) is 4.99. The van der Waals surface area contributed by atoms with Gasteiger partial charge < -0.3 is 35.0 Å². The van der Waals surface area contributed by atoms with Crippen LogP contribution < -0.4 is 30.0 Å². The Kier molecular flexibility index (Phi) is 9.76. The van der Waals surface area contributed by atoms with Gasteiger partial charge in [0.15, 0.2) is 17.5 Å². The largest absolute Gasteiger partial charge is 0.497 e. The molecule has 0 fully saturated rings. The standard InChI is InChI=1S/C23H30N4O4.HI/c1-28-17-12-19-18(21(13-17)30-3)11-16(27-19)6-5-9-25-23(24)26-14-15-7-8-20(29-2)22(10-15)31-4;/h7-8,10-13,27H,5-6,9,14H2,1-4H3,(H3,24,25,26);1H.